The Kier molecular flexibility index (Phi) is 5.78. The van der Waals surface area contributed by atoms with Gasteiger partial charge in [-0.1, -0.05) is 0 Å². The zero-order valence-corrected chi connectivity index (χ0v) is 13.2. The van der Waals surface area contributed by atoms with Crippen molar-refractivity contribution in [2.45, 2.75) is 13.0 Å². The third kappa shape index (κ3) is 4.49. The average molecular weight is 305 g/mol. The second kappa shape index (κ2) is 8.02. The van der Waals surface area contributed by atoms with Gasteiger partial charge in [0.2, 0.25) is 0 Å². The van der Waals surface area contributed by atoms with Gasteiger partial charge in [-0.25, -0.2) is 0 Å². The van der Waals surface area contributed by atoms with Crippen molar-refractivity contribution >= 4 is 0 Å². The van der Waals surface area contributed by atoms with Gasteiger partial charge < -0.3 is 9.84 Å². The quantitative estimate of drug-likeness (QED) is 0.874. The number of aliphatic hydroxyl groups excluding tert-OH is 1. The van der Waals surface area contributed by atoms with Gasteiger partial charge in [0.15, 0.2) is 0 Å². The molecule has 1 N–H and O–H groups in total. The van der Waals surface area contributed by atoms with Crippen molar-refractivity contribution in [1.29, 1.82) is 0 Å². The molecule has 0 radical (unpaired) electrons. The number of ether oxygens (including phenoxy) is 1. The minimum absolute atomic E-state index is 0.298. The molecule has 0 unspecified atom stereocenters. The highest BCUT2D eigenvalue weighted by Gasteiger charge is 2.28. The average Bonchev–Trinajstić information content (AvgIpc) is 2.56. The SMILES string of the molecule is OC[C@@H]1C[C@H](CN2CCOCC2)CN(Cc2ccncc2)C1. The Bertz CT molecular complexity index is 437. The molecular weight excluding hydrogens is 278 g/mol. The molecule has 0 aliphatic carbocycles. The molecule has 122 valence electrons. The van der Waals surface area contributed by atoms with Crippen LogP contribution in [0.3, 0.4) is 0 Å². The Morgan fingerprint density at radius 2 is 1.82 bits per heavy atom. The van der Waals surface area contributed by atoms with Crippen LogP contribution in [0.4, 0.5) is 0 Å². The number of aromatic nitrogens is 1. The Labute approximate surface area is 132 Å². The predicted molar refractivity (Wildman–Crippen MR) is 85.5 cm³/mol. The summed E-state index contributed by atoms with van der Waals surface area (Å²) in [6.07, 6.45) is 4.85. The number of hydrogen-bond acceptors (Lipinski definition) is 5. The third-order valence-electron chi connectivity index (χ3n) is 4.73. The van der Waals surface area contributed by atoms with Gasteiger partial charge in [0.25, 0.3) is 0 Å². The summed E-state index contributed by atoms with van der Waals surface area (Å²) in [6.45, 7) is 8.31. The number of rotatable bonds is 5. The number of hydrogen-bond donors (Lipinski definition) is 1. The minimum Gasteiger partial charge on any atom is -0.396 e. The van der Waals surface area contributed by atoms with E-state index < -0.39 is 0 Å². The van der Waals surface area contributed by atoms with E-state index in [9.17, 15) is 5.11 Å². The molecule has 2 fully saturated rings. The summed E-state index contributed by atoms with van der Waals surface area (Å²) in [5, 5.41) is 9.63. The first-order valence-corrected chi connectivity index (χ1v) is 8.35. The molecule has 1 aromatic heterocycles. The van der Waals surface area contributed by atoms with Crippen LogP contribution < -0.4 is 0 Å². The number of likely N-dealkylation sites (tertiary alicyclic amines) is 1. The van der Waals surface area contributed by atoms with Gasteiger partial charge in [-0.2, -0.15) is 0 Å². The predicted octanol–water partition coefficient (Wildman–Crippen LogP) is 0.844. The van der Waals surface area contributed by atoms with Crippen molar-refractivity contribution < 1.29 is 9.84 Å². The van der Waals surface area contributed by atoms with Crippen LogP contribution in [0.2, 0.25) is 0 Å². The van der Waals surface area contributed by atoms with Crippen LogP contribution >= 0.6 is 0 Å². The first-order chi connectivity index (χ1) is 10.8. The van der Waals surface area contributed by atoms with E-state index >= 15 is 0 Å². The van der Waals surface area contributed by atoms with E-state index in [1.54, 1.807) is 0 Å². The Morgan fingerprint density at radius 3 is 2.55 bits per heavy atom. The topological polar surface area (TPSA) is 48.8 Å². The summed E-state index contributed by atoms with van der Waals surface area (Å²) in [7, 11) is 0. The van der Waals surface area contributed by atoms with Crippen LogP contribution in [0.25, 0.3) is 0 Å². The highest BCUT2D eigenvalue weighted by molar-refractivity contribution is 5.09. The largest absolute Gasteiger partial charge is 0.396 e. The lowest BCUT2D eigenvalue weighted by Crippen LogP contribution is -2.47. The zero-order valence-electron chi connectivity index (χ0n) is 13.2. The van der Waals surface area contributed by atoms with Crippen molar-refractivity contribution in [1.82, 2.24) is 14.8 Å². The molecule has 0 spiro atoms. The molecule has 1 aromatic rings. The molecule has 0 saturated carbocycles. The summed E-state index contributed by atoms with van der Waals surface area (Å²) < 4.78 is 5.43. The normalized spacial score (nSPS) is 27.9. The Balaban J connectivity index is 1.56. The van der Waals surface area contributed by atoms with Gasteiger partial charge in [0, 0.05) is 58.3 Å². The maximum atomic E-state index is 9.63. The molecule has 22 heavy (non-hydrogen) atoms. The van der Waals surface area contributed by atoms with Crippen molar-refractivity contribution in [3.05, 3.63) is 30.1 Å². The molecule has 2 saturated heterocycles. The van der Waals surface area contributed by atoms with Crippen molar-refractivity contribution in [2.24, 2.45) is 11.8 Å². The second-order valence-corrected chi connectivity index (χ2v) is 6.61. The molecule has 5 heteroatoms. The van der Waals surface area contributed by atoms with Crippen LogP contribution in [0.1, 0.15) is 12.0 Å². The number of morpholine rings is 1. The first-order valence-electron chi connectivity index (χ1n) is 8.35. The number of aliphatic hydroxyl groups is 1. The molecule has 5 nitrogen and oxygen atoms in total. The van der Waals surface area contributed by atoms with Crippen LogP contribution in [-0.2, 0) is 11.3 Å². The van der Waals surface area contributed by atoms with E-state index in [0.717, 1.165) is 58.9 Å². The molecule has 3 rings (SSSR count). The third-order valence-corrected chi connectivity index (χ3v) is 4.73. The molecule has 0 aromatic carbocycles. The second-order valence-electron chi connectivity index (χ2n) is 6.61. The van der Waals surface area contributed by atoms with E-state index in [-0.39, 0.29) is 0 Å². The molecule has 2 atom stereocenters. The lowest BCUT2D eigenvalue weighted by Gasteiger charge is -2.40. The fraction of sp³-hybridized carbons (Fsp3) is 0.706. The van der Waals surface area contributed by atoms with Gasteiger partial charge >= 0.3 is 0 Å². The maximum Gasteiger partial charge on any atom is 0.0594 e. The van der Waals surface area contributed by atoms with Crippen LogP contribution in [-0.4, -0.2) is 72.4 Å². The maximum absolute atomic E-state index is 9.63. The smallest absolute Gasteiger partial charge is 0.0594 e. The standard InChI is InChI=1S/C17H27N3O2/c21-14-17-9-16(11-19-5-7-22-8-6-19)12-20(13-17)10-15-1-3-18-4-2-15/h1-4,16-17,21H,5-14H2/t16-,17-/m1/s1. The van der Waals surface area contributed by atoms with Crippen molar-refractivity contribution in [2.75, 3.05) is 52.5 Å². The van der Waals surface area contributed by atoms with Gasteiger partial charge in [-0.05, 0) is 36.0 Å². The van der Waals surface area contributed by atoms with E-state index in [1.807, 2.05) is 12.4 Å². The van der Waals surface area contributed by atoms with Crippen LogP contribution in [0, 0.1) is 11.8 Å². The summed E-state index contributed by atoms with van der Waals surface area (Å²) in [5.74, 6) is 1.05. The molecule has 0 bridgehead atoms. The summed E-state index contributed by atoms with van der Waals surface area (Å²) in [5.41, 5.74) is 1.30. The Hall–Kier alpha value is -1.01. The van der Waals surface area contributed by atoms with Gasteiger partial charge in [-0.3, -0.25) is 14.8 Å². The minimum atomic E-state index is 0.298. The monoisotopic (exact) mass is 305 g/mol. The highest BCUT2D eigenvalue weighted by Crippen LogP contribution is 2.24. The van der Waals surface area contributed by atoms with E-state index in [2.05, 4.69) is 26.9 Å². The lowest BCUT2D eigenvalue weighted by molar-refractivity contribution is 0.0117. The summed E-state index contributed by atoms with van der Waals surface area (Å²) in [6, 6.07) is 4.17. The molecular formula is C17H27N3O2. The number of piperidine rings is 1. The molecule has 2 aliphatic heterocycles. The van der Waals surface area contributed by atoms with Crippen LogP contribution in [0.15, 0.2) is 24.5 Å². The lowest BCUT2D eigenvalue weighted by atomic mass is 9.89. The van der Waals surface area contributed by atoms with E-state index in [0.29, 0.717) is 18.4 Å². The van der Waals surface area contributed by atoms with Gasteiger partial charge in [0.05, 0.1) is 13.2 Å². The number of pyridine rings is 1. The highest BCUT2D eigenvalue weighted by atomic mass is 16.5. The molecule has 3 heterocycles. The first kappa shape index (κ1) is 15.9. The van der Waals surface area contributed by atoms with Crippen LogP contribution in [0.5, 0.6) is 0 Å². The fourth-order valence-corrected chi connectivity index (χ4v) is 3.71. The fourth-order valence-electron chi connectivity index (χ4n) is 3.71. The zero-order chi connectivity index (χ0) is 15.2. The van der Waals surface area contributed by atoms with E-state index in [4.69, 9.17) is 4.74 Å². The van der Waals surface area contributed by atoms with Crippen molar-refractivity contribution in [3.63, 3.8) is 0 Å². The van der Waals surface area contributed by atoms with Crippen molar-refractivity contribution in [3.8, 4) is 0 Å². The molecule has 0 amide bonds. The summed E-state index contributed by atoms with van der Waals surface area (Å²) >= 11 is 0. The van der Waals surface area contributed by atoms with E-state index in [1.165, 1.54) is 5.56 Å². The Morgan fingerprint density at radius 1 is 1.09 bits per heavy atom. The van der Waals surface area contributed by atoms with Gasteiger partial charge in [0.1, 0.15) is 0 Å². The molecule has 2 aliphatic rings. The number of nitrogens with zero attached hydrogens (tertiary/aromatic N) is 3. The van der Waals surface area contributed by atoms with Gasteiger partial charge in [-0.15, -0.1) is 0 Å². The summed E-state index contributed by atoms with van der Waals surface area (Å²) in [4.78, 5) is 9.09.